The molecule has 0 unspecified atom stereocenters. The summed E-state index contributed by atoms with van der Waals surface area (Å²) in [6.45, 7) is 1.73. The molecule has 0 saturated heterocycles. The number of carbonyl (C=O) groups excluding carboxylic acids is 1. The van der Waals surface area contributed by atoms with Crippen molar-refractivity contribution in [2.24, 2.45) is 0 Å². The van der Waals surface area contributed by atoms with Gasteiger partial charge in [0.2, 0.25) is 5.91 Å². The van der Waals surface area contributed by atoms with Crippen LogP contribution in [0.5, 0.6) is 0 Å². The van der Waals surface area contributed by atoms with Crippen molar-refractivity contribution in [3.8, 4) is 0 Å². The van der Waals surface area contributed by atoms with Crippen molar-refractivity contribution in [2.75, 3.05) is 24.7 Å². The highest BCUT2D eigenvalue weighted by Crippen LogP contribution is 1.99. The van der Waals surface area contributed by atoms with Crippen molar-refractivity contribution in [1.82, 2.24) is 5.32 Å². The predicted octanol–water partition coefficient (Wildman–Crippen LogP) is -0.300. The van der Waals surface area contributed by atoms with Crippen LogP contribution in [-0.4, -0.2) is 44.1 Å². The lowest BCUT2D eigenvalue weighted by Crippen LogP contribution is -2.21. The van der Waals surface area contributed by atoms with Gasteiger partial charge in [0.05, 0.1) is 18.1 Å². The maximum atomic E-state index is 11.1. The van der Waals surface area contributed by atoms with E-state index in [2.05, 4.69) is 5.32 Å². The zero-order valence-corrected chi connectivity index (χ0v) is 9.85. The van der Waals surface area contributed by atoms with E-state index in [1.54, 1.807) is 0 Å². The van der Waals surface area contributed by atoms with Crippen LogP contribution in [0, 0.1) is 0 Å². The van der Waals surface area contributed by atoms with Gasteiger partial charge in [-0.25, -0.2) is 8.42 Å². The third-order valence-electron chi connectivity index (χ3n) is 1.91. The average molecular weight is 237 g/mol. The summed E-state index contributed by atoms with van der Waals surface area (Å²) in [5.74, 6) is -0.102. The fourth-order valence-electron chi connectivity index (χ4n) is 1.13. The molecule has 0 aromatic carbocycles. The van der Waals surface area contributed by atoms with E-state index in [0.717, 1.165) is 12.8 Å². The molecule has 6 heteroatoms. The summed E-state index contributed by atoms with van der Waals surface area (Å²) in [7, 11) is -3.07. The molecule has 0 fully saturated rings. The average Bonchev–Trinajstić information content (AvgIpc) is 2.10. The van der Waals surface area contributed by atoms with Crippen LogP contribution in [0.1, 0.15) is 26.2 Å². The first kappa shape index (κ1) is 14.4. The Balaban J connectivity index is 3.42. The molecule has 90 valence electrons. The minimum absolute atomic E-state index is 0.0668. The number of aliphatic hydroxyl groups excluding tert-OH is 1. The molecule has 0 aromatic rings. The van der Waals surface area contributed by atoms with E-state index in [0.29, 0.717) is 13.0 Å². The monoisotopic (exact) mass is 237 g/mol. The number of unbranched alkanes of at least 4 members (excludes halogenated alkanes) is 2. The first-order valence-electron chi connectivity index (χ1n) is 5.03. The number of carbonyl (C=O) groups is 1. The summed E-state index contributed by atoms with van der Waals surface area (Å²) in [5.41, 5.74) is 0. The molecule has 2 N–H and O–H groups in total. The Labute approximate surface area is 90.8 Å². The Kier molecular flexibility index (Phi) is 7.33. The number of amides is 1. The molecule has 0 rings (SSSR count). The fraction of sp³-hybridized carbons (Fsp3) is 0.889. The smallest absolute Gasteiger partial charge is 0.216 e. The second-order valence-corrected chi connectivity index (χ2v) is 5.72. The Morgan fingerprint density at radius 2 is 1.87 bits per heavy atom. The highest BCUT2D eigenvalue weighted by atomic mass is 32.2. The summed E-state index contributed by atoms with van der Waals surface area (Å²) in [5, 5.41) is 11.1. The molecule has 0 bridgehead atoms. The van der Waals surface area contributed by atoms with Crippen LogP contribution < -0.4 is 5.32 Å². The number of hydrogen-bond acceptors (Lipinski definition) is 4. The molecule has 0 aromatic heterocycles. The van der Waals surface area contributed by atoms with Gasteiger partial charge in [-0.3, -0.25) is 4.79 Å². The summed E-state index contributed by atoms with van der Waals surface area (Å²) < 4.78 is 22.3. The van der Waals surface area contributed by atoms with Crippen molar-refractivity contribution in [1.29, 1.82) is 0 Å². The van der Waals surface area contributed by atoms with Crippen LogP contribution in [-0.2, 0) is 14.6 Å². The van der Waals surface area contributed by atoms with Crippen molar-refractivity contribution >= 4 is 15.7 Å². The standard InChI is InChI=1S/C9H19NO4S/c1-9(12)10-5-3-2-4-7-15(13,14)8-6-11/h11H,2-8H2,1H3,(H,10,12). The van der Waals surface area contributed by atoms with Crippen LogP contribution in [0.15, 0.2) is 0 Å². The van der Waals surface area contributed by atoms with Crippen LogP contribution in [0.3, 0.4) is 0 Å². The number of hydrogen-bond donors (Lipinski definition) is 2. The third kappa shape index (κ3) is 9.68. The van der Waals surface area contributed by atoms with E-state index in [-0.39, 0.29) is 24.0 Å². The lowest BCUT2D eigenvalue weighted by Gasteiger charge is -2.03. The lowest BCUT2D eigenvalue weighted by atomic mass is 10.2. The lowest BCUT2D eigenvalue weighted by molar-refractivity contribution is -0.118. The Bertz CT molecular complexity index is 274. The minimum Gasteiger partial charge on any atom is -0.395 e. The van der Waals surface area contributed by atoms with Gasteiger partial charge in [-0.15, -0.1) is 0 Å². The van der Waals surface area contributed by atoms with E-state index in [9.17, 15) is 13.2 Å². The van der Waals surface area contributed by atoms with Gasteiger partial charge in [-0.1, -0.05) is 6.42 Å². The zero-order valence-electron chi connectivity index (χ0n) is 9.03. The molecule has 0 heterocycles. The fourth-order valence-corrected chi connectivity index (χ4v) is 2.26. The first-order valence-corrected chi connectivity index (χ1v) is 6.86. The molecule has 0 aliphatic carbocycles. The van der Waals surface area contributed by atoms with Crippen LogP contribution in [0.4, 0.5) is 0 Å². The Morgan fingerprint density at radius 1 is 1.20 bits per heavy atom. The SMILES string of the molecule is CC(=O)NCCCCCS(=O)(=O)CCO. The van der Waals surface area contributed by atoms with E-state index in [4.69, 9.17) is 5.11 Å². The van der Waals surface area contributed by atoms with E-state index < -0.39 is 9.84 Å². The predicted molar refractivity (Wildman–Crippen MR) is 58.3 cm³/mol. The van der Waals surface area contributed by atoms with Crippen LogP contribution in [0.25, 0.3) is 0 Å². The number of sulfone groups is 1. The van der Waals surface area contributed by atoms with Crippen LogP contribution >= 0.6 is 0 Å². The maximum absolute atomic E-state index is 11.1. The summed E-state index contributed by atoms with van der Waals surface area (Å²) in [6.07, 6.45) is 2.14. The van der Waals surface area contributed by atoms with Gasteiger partial charge < -0.3 is 10.4 Å². The van der Waals surface area contributed by atoms with Gasteiger partial charge in [0, 0.05) is 13.5 Å². The molecule has 0 spiro atoms. The number of rotatable bonds is 8. The van der Waals surface area contributed by atoms with Gasteiger partial charge >= 0.3 is 0 Å². The topological polar surface area (TPSA) is 83.5 Å². The molecule has 0 aliphatic heterocycles. The second kappa shape index (κ2) is 7.64. The molecular formula is C9H19NO4S. The summed E-state index contributed by atoms with van der Waals surface area (Å²) in [4.78, 5) is 10.5. The maximum Gasteiger partial charge on any atom is 0.216 e. The number of aliphatic hydroxyl groups is 1. The molecular weight excluding hydrogens is 218 g/mol. The minimum atomic E-state index is -3.07. The van der Waals surface area contributed by atoms with Crippen molar-refractivity contribution in [2.45, 2.75) is 26.2 Å². The molecule has 5 nitrogen and oxygen atoms in total. The quantitative estimate of drug-likeness (QED) is 0.568. The number of nitrogens with one attached hydrogen (secondary N) is 1. The molecule has 15 heavy (non-hydrogen) atoms. The molecule has 1 amide bonds. The molecule has 0 aliphatic rings. The highest BCUT2D eigenvalue weighted by molar-refractivity contribution is 7.91. The third-order valence-corrected chi connectivity index (χ3v) is 3.62. The Morgan fingerprint density at radius 3 is 2.40 bits per heavy atom. The van der Waals surface area contributed by atoms with Gasteiger partial charge in [0.15, 0.2) is 9.84 Å². The van der Waals surface area contributed by atoms with E-state index in [1.165, 1.54) is 6.92 Å². The summed E-state index contributed by atoms with van der Waals surface area (Å²) >= 11 is 0. The molecule has 0 saturated carbocycles. The second-order valence-electron chi connectivity index (χ2n) is 3.42. The Hall–Kier alpha value is -0.620. The van der Waals surface area contributed by atoms with E-state index >= 15 is 0 Å². The first-order chi connectivity index (χ1) is 6.98. The molecule has 0 atom stereocenters. The highest BCUT2D eigenvalue weighted by Gasteiger charge is 2.08. The van der Waals surface area contributed by atoms with Gasteiger partial charge in [0.25, 0.3) is 0 Å². The van der Waals surface area contributed by atoms with Crippen molar-refractivity contribution in [3.63, 3.8) is 0 Å². The van der Waals surface area contributed by atoms with Crippen molar-refractivity contribution < 1.29 is 18.3 Å². The van der Waals surface area contributed by atoms with Gasteiger partial charge in [-0.2, -0.15) is 0 Å². The van der Waals surface area contributed by atoms with E-state index in [1.807, 2.05) is 0 Å². The van der Waals surface area contributed by atoms with Crippen LogP contribution in [0.2, 0.25) is 0 Å². The zero-order chi connectivity index (χ0) is 11.7. The summed E-state index contributed by atoms with van der Waals surface area (Å²) in [6, 6.07) is 0. The molecule has 0 radical (unpaired) electrons. The van der Waals surface area contributed by atoms with Gasteiger partial charge in [-0.05, 0) is 12.8 Å². The largest absolute Gasteiger partial charge is 0.395 e. The normalized spacial score (nSPS) is 11.3. The van der Waals surface area contributed by atoms with Gasteiger partial charge in [0.1, 0.15) is 0 Å². The van der Waals surface area contributed by atoms with Crippen molar-refractivity contribution in [3.05, 3.63) is 0 Å².